The summed E-state index contributed by atoms with van der Waals surface area (Å²) in [5, 5.41) is 4.07. The lowest BCUT2D eigenvalue weighted by Gasteiger charge is -2.12. The average Bonchev–Trinajstić information content (AvgIpc) is 3.35. The molecule has 2 N–H and O–H groups in total. The van der Waals surface area contributed by atoms with Gasteiger partial charge in [-0.25, -0.2) is 0 Å². The Labute approximate surface area is 141 Å². The Morgan fingerprint density at radius 3 is 2.92 bits per heavy atom. The van der Waals surface area contributed by atoms with Gasteiger partial charge in [0, 0.05) is 29.6 Å². The molecule has 1 saturated carbocycles. The summed E-state index contributed by atoms with van der Waals surface area (Å²) in [4.78, 5) is 26.7. The number of nitrogens with one attached hydrogen (secondary N) is 2. The van der Waals surface area contributed by atoms with E-state index in [1.807, 2.05) is 31.3 Å². The smallest absolute Gasteiger partial charge is 0.306 e. The number of para-hydroxylation sites is 1. The van der Waals surface area contributed by atoms with Crippen molar-refractivity contribution >= 4 is 22.8 Å². The molecule has 5 nitrogen and oxygen atoms in total. The predicted molar refractivity (Wildman–Crippen MR) is 92.5 cm³/mol. The standard InChI is InChI=1S/C19H24N2O3/c1-13(14-9-10-14)21-18(22)12-24-19(23)8-4-5-15-11-20-17-7-3-2-6-16(15)17/h2-3,6-7,11,13-14,20H,4-5,8-10,12H2,1H3,(H,21,22). The van der Waals surface area contributed by atoms with Crippen molar-refractivity contribution in [1.82, 2.24) is 10.3 Å². The van der Waals surface area contributed by atoms with Crippen LogP contribution < -0.4 is 5.32 Å². The fraction of sp³-hybridized carbons (Fsp3) is 0.474. The molecule has 0 aliphatic heterocycles. The van der Waals surface area contributed by atoms with Crippen LogP contribution in [0.5, 0.6) is 0 Å². The van der Waals surface area contributed by atoms with E-state index in [0.29, 0.717) is 18.8 Å². The zero-order valence-electron chi connectivity index (χ0n) is 14.0. The van der Waals surface area contributed by atoms with Crippen LogP contribution in [0.3, 0.4) is 0 Å². The van der Waals surface area contributed by atoms with E-state index in [2.05, 4.69) is 16.4 Å². The van der Waals surface area contributed by atoms with Crippen LogP contribution in [0.4, 0.5) is 0 Å². The fourth-order valence-electron chi connectivity index (χ4n) is 2.99. The number of hydrogen-bond acceptors (Lipinski definition) is 3. The van der Waals surface area contributed by atoms with Gasteiger partial charge in [-0.2, -0.15) is 0 Å². The van der Waals surface area contributed by atoms with Crippen molar-refractivity contribution in [3.8, 4) is 0 Å². The summed E-state index contributed by atoms with van der Waals surface area (Å²) in [6.07, 6.45) is 6.18. The molecule has 1 unspecified atom stereocenters. The summed E-state index contributed by atoms with van der Waals surface area (Å²) in [6.45, 7) is 1.82. The monoisotopic (exact) mass is 328 g/mol. The van der Waals surface area contributed by atoms with Crippen LogP contribution in [0.1, 0.15) is 38.2 Å². The maximum Gasteiger partial charge on any atom is 0.306 e. The first-order chi connectivity index (χ1) is 11.6. The lowest BCUT2D eigenvalue weighted by molar-refractivity contribution is -0.148. The maximum absolute atomic E-state index is 11.8. The van der Waals surface area contributed by atoms with Crippen LogP contribution in [0.2, 0.25) is 0 Å². The molecule has 1 amide bonds. The normalized spacial score (nSPS) is 15.2. The fourth-order valence-corrected chi connectivity index (χ4v) is 2.99. The third-order valence-corrected chi connectivity index (χ3v) is 4.58. The number of ether oxygens (including phenoxy) is 1. The number of fused-ring (bicyclic) bond motifs is 1. The number of carbonyl (C=O) groups excluding carboxylic acids is 2. The molecular formula is C19H24N2O3. The minimum Gasteiger partial charge on any atom is -0.456 e. The number of H-pyrrole nitrogens is 1. The first-order valence-electron chi connectivity index (χ1n) is 8.63. The molecule has 24 heavy (non-hydrogen) atoms. The Morgan fingerprint density at radius 2 is 2.12 bits per heavy atom. The van der Waals surface area contributed by atoms with Crippen molar-refractivity contribution < 1.29 is 14.3 Å². The number of amides is 1. The molecule has 1 aromatic heterocycles. The summed E-state index contributed by atoms with van der Waals surface area (Å²) in [7, 11) is 0. The summed E-state index contributed by atoms with van der Waals surface area (Å²) in [6, 6.07) is 8.29. The van der Waals surface area contributed by atoms with Crippen LogP contribution >= 0.6 is 0 Å². The molecule has 1 aromatic carbocycles. The lowest BCUT2D eigenvalue weighted by atomic mass is 10.1. The highest BCUT2D eigenvalue weighted by Gasteiger charge is 2.28. The summed E-state index contributed by atoms with van der Waals surface area (Å²) in [5.74, 6) is 0.0734. The van der Waals surface area contributed by atoms with Crippen LogP contribution in [-0.4, -0.2) is 29.5 Å². The van der Waals surface area contributed by atoms with Crippen LogP contribution in [0, 0.1) is 5.92 Å². The van der Waals surface area contributed by atoms with Gasteiger partial charge in [0.15, 0.2) is 6.61 Å². The van der Waals surface area contributed by atoms with E-state index in [-0.39, 0.29) is 24.5 Å². The van der Waals surface area contributed by atoms with E-state index in [4.69, 9.17) is 4.74 Å². The Kier molecular flexibility index (Phi) is 5.18. The minimum absolute atomic E-state index is 0.178. The zero-order chi connectivity index (χ0) is 16.9. The topological polar surface area (TPSA) is 71.2 Å². The van der Waals surface area contributed by atoms with Crippen molar-refractivity contribution in [3.05, 3.63) is 36.0 Å². The highest BCUT2D eigenvalue weighted by molar-refractivity contribution is 5.83. The van der Waals surface area contributed by atoms with Gasteiger partial charge in [0.1, 0.15) is 0 Å². The van der Waals surface area contributed by atoms with Crippen molar-refractivity contribution in [1.29, 1.82) is 0 Å². The van der Waals surface area contributed by atoms with Crippen LogP contribution in [0.15, 0.2) is 30.5 Å². The Balaban J connectivity index is 1.35. The van der Waals surface area contributed by atoms with E-state index in [0.717, 1.165) is 11.9 Å². The SMILES string of the molecule is CC(NC(=O)COC(=O)CCCc1c[nH]c2ccccc12)C1CC1. The van der Waals surface area contributed by atoms with E-state index in [1.54, 1.807) is 0 Å². The maximum atomic E-state index is 11.8. The van der Waals surface area contributed by atoms with Gasteiger partial charge in [0.05, 0.1) is 0 Å². The van der Waals surface area contributed by atoms with Crippen molar-refractivity contribution in [2.45, 2.75) is 45.1 Å². The molecule has 5 heteroatoms. The number of benzene rings is 1. The summed E-state index contributed by atoms with van der Waals surface area (Å²) < 4.78 is 5.05. The number of aromatic amines is 1. The van der Waals surface area contributed by atoms with E-state index >= 15 is 0 Å². The third kappa shape index (κ3) is 4.37. The van der Waals surface area contributed by atoms with Gasteiger partial charge in [-0.1, -0.05) is 18.2 Å². The molecule has 2 aromatic rings. The number of aryl methyl sites for hydroxylation is 1. The molecular weight excluding hydrogens is 304 g/mol. The Morgan fingerprint density at radius 1 is 1.33 bits per heavy atom. The largest absolute Gasteiger partial charge is 0.456 e. The highest BCUT2D eigenvalue weighted by atomic mass is 16.5. The summed E-state index contributed by atoms with van der Waals surface area (Å²) in [5.41, 5.74) is 2.31. The minimum atomic E-state index is -0.316. The third-order valence-electron chi connectivity index (χ3n) is 4.58. The molecule has 1 aliphatic carbocycles. The number of aromatic nitrogens is 1. The van der Waals surface area contributed by atoms with Crippen LogP contribution in [-0.2, 0) is 20.7 Å². The first-order valence-corrected chi connectivity index (χ1v) is 8.63. The molecule has 0 saturated heterocycles. The van der Waals surface area contributed by atoms with Gasteiger partial charge in [0.25, 0.3) is 5.91 Å². The molecule has 128 valence electrons. The predicted octanol–water partition coefficient (Wildman–Crippen LogP) is 2.95. The molecule has 1 atom stereocenters. The second-order valence-corrected chi connectivity index (χ2v) is 6.57. The second kappa shape index (κ2) is 7.51. The van der Waals surface area contributed by atoms with Crippen molar-refractivity contribution in [2.24, 2.45) is 5.92 Å². The number of rotatable bonds is 8. The Hall–Kier alpha value is -2.30. The second-order valence-electron chi connectivity index (χ2n) is 6.57. The van der Waals surface area contributed by atoms with Gasteiger partial charge in [-0.05, 0) is 50.2 Å². The van der Waals surface area contributed by atoms with Crippen molar-refractivity contribution in [2.75, 3.05) is 6.61 Å². The van der Waals surface area contributed by atoms with Gasteiger partial charge in [-0.15, -0.1) is 0 Å². The average molecular weight is 328 g/mol. The highest BCUT2D eigenvalue weighted by Crippen LogP contribution is 2.32. The van der Waals surface area contributed by atoms with Crippen molar-refractivity contribution in [3.63, 3.8) is 0 Å². The lowest BCUT2D eigenvalue weighted by Crippen LogP contribution is -2.37. The summed E-state index contributed by atoms with van der Waals surface area (Å²) >= 11 is 0. The van der Waals surface area contributed by atoms with Gasteiger partial charge >= 0.3 is 5.97 Å². The van der Waals surface area contributed by atoms with E-state index < -0.39 is 0 Å². The van der Waals surface area contributed by atoms with Gasteiger partial charge in [0.2, 0.25) is 0 Å². The molecule has 1 heterocycles. The van der Waals surface area contributed by atoms with E-state index in [9.17, 15) is 9.59 Å². The first kappa shape index (κ1) is 16.6. The zero-order valence-corrected chi connectivity index (χ0v) is 14.0. The Bertz CT molecular complexity index is 718. The van der Waals surface area contributed by atoms with E-state index in [1.165, 1.54) is 23.8 Å². The number of carbonyl (C=O) groups is 2. The molecule has 0 spiro atoms. The quantitative estimate of drug-likeness (QED) is 0.732. The van der Waals surface area contributed by atoms with Gasteiger partial charge in [-0.3, -0.25) is 9.59 Å². The molecule has 1 aliphatic rings. The number of esters is 1. The van der Waals surface area contributed by atoms with Crippen LogP contribution in [0.25, 0.3) is 10.9 Å². The molecule has 1 fully saturated rings. The molecule has 3 rings (SSSR count). The molecule has 0 radical (unpaired) electrons. The molecule has 0 bridgehead atoms. The number of hydrogen-bond donors (Lipinski definition) is 2. The van der Waals surface area contributed by atoms with Gasteiger partial charge < -0.3 is 15.0 Å².